The summed E-state index contributed by atoms with van der Waals surface area (Å²) in [6, 6.07) is 19.7. The molecule has 3 aromatic carbocycles. The topological polar surface area (TPSA) is 78.5 Å². The molecule has 1 aliphatic carbocycles. The van der Waals surface area contributed by atoms with Crippen LogP contribution in [0.2, 0.25) is 5.02 Å². The molecule has 4 rings (SSSR count). The summed E-state index contributed by atoms with van der Waals surface area (Å²) in [5.74, 6) is -0.663. The van der Waals surface area contributed by atoms with Gasteiger partial charge in [0, 0.05) is 34.6 Å². The van der Waals surface area contributed by atoms with E-state index in [2.05, 4.69) is 10.6 Å². The van der Waals surface area contributed by atoms with Crippen molar-refractivity contribution in [3.63, 3.8) is 0 Å². The monoisotopic (exact) mass is 517 g/mol. The largest absolute Gasteiger partial charge is 0.326 e. The molecular weight excluding hydrogens is 486 g/mol. The Morgan fingerprint density at radius 2 is 1.41 bits per heavy atom. The maximum atomic E-state index is 14.2. The van der Waals surface area contributed by atoms with Crippen molar-refractivity contribution in [3.8, 4) is 0 Å². The molecule has 1 saturated carbocycles. The first-order valence-electron chi connectivity index (χ1n) is 12.6. The Morgan fingerprint density at radius 3 is 1.97 bits per heavy atom. The fourth-order valence-corrected chi connectivity index (χ4v) is 5.23. The molecule has 0 aromatic heterocycles. The van der Waals surface area contributed by atoms with Crippen molar-refractivity contribution in [2.75, 3.05) is 15.5 Å². The van der Waals surface area contributed by atoms with Crippen LogP contribution in [0, 0.1) is 13.8 Å². The van der Waals surface area contributed by atoms with Gasteiger partial charge in [0.2, 0.25) is 5.91 Å². The van der Waals surface area contributed by atoms with E-state index >= 15 is 0 Å². The predicted octanol–water partition coefficient (Wildman–Crippen LogP) is 6.90. The van der Waals surface area contributed by atoms with Crippen LogP contribution >= 0.6 is 11.6 Å². The Bertz CT molecular complexity index is 1280. The zero-order valence-electron chi connectivity index (χ0n) is 21.4. The Labute approximate surface area is 223 Å². The van der Waals surface area contributed by atoms with E-state index in [1.54, 1.807) is 53.4 Å². The van der Waals surface area contributed by atoms with Crippen LogP contribution in [-0.2, 0) is 9.59 Å². The third-order valence-electron chi connectivity index (χ3n) is 6.99. The van der Waals surface area contributed by atoms with Crippen molar-refractivity contribution in [2.45, 2.75) is 58.4 Å². The normalized spacial score (nSPS) is 14.5. The minimum absolute atomic E-state index is 0.189. The predicted molar refractivity (Wildman–Crippen MR) is 149 cm³/mol. The molecule has 3 aromatic rings. The first kappa shape index (κ1) is 26.4. The van der Waals surface area contributed by atoms with E-state index in [1.165, 1.54) is 6.92 Å². The lowest BCUT2D eigenvalue weighted by Gasteiger charge is -2.45. The minimum atomic E-state index is -1.08. The number of halogens is 1. The molecular formula is C30H32ClN3O3. The number of hydrogen-bond acceptors (Lipinski definition) is 3. The standard InChI is InChI=1S/C30H32ClN3O3/c1-20-8-7-9-21(2)27(20)33-29(37)30(18-5-4-6-19-30)34(26-16-12-24(31)13-17-26)28(36)23-10-14-25(15-11-23)32-22(3)35/h7-17H,4-6,18-19H2,1-3H3,(H,32,35)(H,33,37). The molecule has 6 nitrogen and oxygen atoms in total. The fraction of sp³-hybridized carbons (Fsp3) is 0.300. The molecule has 1 fully saturated rings. The third kappa shape index (κ3) is 5.70. The molecule has 7 heteroatoms. The number of rotatable bonds is 6. The number of para-hydroxylation sites is 1. The van der Waals surface area contributed by atoms with Gasteiger partial charge in [-0.15, -0.1) is 0 Å². The smallest absolute Gasteiger partial charge is 0.259 e. The number of carbonyl (C=O) groups is 3. The molecule has 3 amide bonds. The molecule has 0 saturated heterocycles. The second-order valence-corrected chi connectivity index (χ2v) is 10.1. The number of hydrogen-bond donors (Lipinski definition) is 2. The molecule has 0 radical (unpaired) electrons. The number of carbonyl (C=O) groups excluding carboxylic acids is 3. The third-order valence-corrected chi connectivity index (χ3v) is 7.24. The second kappa shape index (κ2) is 11.2. The molecule has 0 bridgehead atoms. The van der Waals surface area contributed by atoms with Gasteiger partial charge in [-0.2, -0.15) is 0 Å². The summed E-state index contributed by atoms with van der Waals surface area (Å²) in [6.07, 6.45) is 3.76. The van der Waals surface area contributed by atoms with Gasteiger partial charge >= 0.3 is 0 Å². The quantitative estimate of drug-likeness (QED) is 0.373. The summed E-state index contributed by atoms with van der Waals surface area (Å²) < 4.78 is 0. The molecule has 192 valence electrons. The highest BCUT2D eigenvalue weighted by molar-refractivity contribution is 6.30. The maximum absolute atomic E-state index is 14.2. The van der Waals surface area contributed by atoms with Gasteiger partial charge in [0.25, 0.3) is 11.8 Å². The average molecular weight is 518 g/mol. The van der Waals surface area contributed by atoms with Crippen molar-refractivity contribution in [1.29, 1.82) is 0 Å². The summed E-state index contributed by atoms with van der Waals surface area (Å²) in [5.41, 5.74) is 3.28. The highest BCUT2D eigenvalue weighted by Gasteiger charge is 2.48. The lowest BCUT2D eigenvalue weighted by molar-refractivity contribution is -0.122. The summed E-state index contributed by atoms with van der Waals surface area (Å²) in [7, 11) is 0. The van der Waals surface area contributed by atoms with Gasteiger partial charge in [0.15, 0.2) is 0 Å². The van der Waals surface area contributed by atoms with E-state index in [1.807, 2.05) is 32.0 Å². The Kier molecular flexibility index (Phi) is 7.98. The first-order chi connectivity index (χ1) is 17.7. The Hall–Kier alpha value is -3.64. The summed E-state index contributed by atoms with van der Waals surface area (Å²) >= 11 is 6.18. The number of amides is 3. The van der Waals surface area contributed by atoms with Crippen LogP contribution in [-0.4, -0.2) is 23.3 Å². The molecule has 0 heterocycles. The maximum Gasteiger partial charge on any atom is 0.259 e. The van der Waals surface area contributed by atoms with Crippen molar-refractivity contribution in [2.24, 2.45) is 0 Å². The lowest BCUT2D eigenvalue weighted by atomic mass is 9.78. The van der Waals surface area contributed by atoms with Crippen LogP contribution in [0.5, 0.6) is 0 Å². The van der Waals surface area contributed by atoms with Crippen LogP contribution in [0.25, 0.3) is 0 Å². The number of nitrogens with one attached hydrogen (secondary N) is 2. The van der Waals surface area contributed by atoms with E-state index in [9.17, 15) is 14.4 Å². The van der Waals surface area contributed by atoms with Crippen molar-refractivity contribution in [1.82, 2.24) is 0 Å². The number of aryl methyl sites for hydroxylation is 2. The van der Waals surface area contributed by atoms with Crippen LogP contribution in [0.3, 0.4) is 0 Å². The van der Waals surface area contributed by atoms with Crippen molar-refractivity contribution >= 4 is 46.4 Å². The van der Waals surface area contributed by atoms with Gasteiger partial charge in [0.05, 0.1) is 0 Å². The van der Waals surface area contributed by atoms with E-state index < -0.39 is 5.54 Å². The second-order valence-electron chi connectivity index (χ2n) is 9.69. The number of benzene rings is 3. The molecule has 0 atom stereocenters. The van der Waals surface area contributed by atoms with E-state index in [4.69, 9.17) is 11.6 Å². The summed E-state index contributed by atoms with van der Waals surface area (Å²) in [4.78, 5) is 41.5. The van der Waals surface area contributed by atoms with Gasteiger partial charge in [-0.1, -0.05) is 49.1 Å². The van der Waals surface area contributed by atoms with E-state index in [0.717, 1.165) is 36.1 Å². The summed E-state index contributed by atoms with van der Waals surface area (Å²) in [6.45, 7) is 5.37. The van der Waals surface area contributed by atoms with Gasteiger partial charge in [0.1, 0.15) is 5.54 Å². The van der Waals surface area contributed by atoms with Crippen molar-refractivity contribution < 1.29 is 14.4 Å². The first-order valence-corrected chi connectivity index (χ1v) is 12.9. The Balaban J connectivity index is 1.80. The minimum Gasteiger partial charge on any atom is -0.326 e. The summed E-state index contributed by atoms with van der Waals surface area (Å²) in [5, 5.41) is 6.45. The van der Waals surface area contributed by atoms with Crippen LogP contribution in [0.4, 0.5) is 17.1 Å². The van der Waals surface area contributed by atoms with Gasteiger partial charge in [-0.3, -0.25) is 19.3 Å². The van der Waals surface area contributed by atoms with Gasteiger partial charge < -0.3 is 10.6 Å². The van der Waals surface area contributed by atoms with E-state index in [0.29, 0.717) is 34.8 Å². The Morgan fingerprint density at radius 1 is 0.811 bits per heavy atom. The number of anilines is 3. The molecule has 1 aliphatic rings. The van der Waals surface area contributed by atoms with E-state index in [-0.39, 0.29) is 17.7 Å². The zero-order chi connectivity index (χ0) is 26.6. The molecule has 0 unspecified atom stereocenters. The fourth-order valence-electron chi connectivity index (χ4n) is 5.11. The van der Waals surface area contributed by atoms with Crippen LogP contribution < -0.4 is 15.5 Å². The lowest BCUT2D eigenvalue weighted by Crippen LogP contribution is -2.60. The molecule has 0 aliphatic heterocycles. The SMILES string of the molecule is CC(=O)Nc1ccc(C(=O)N(c2ccc(Cl)cc2)C2(C(=O)Nc3c(C)cccc3C)CCCCC2)cc1. The number of nitrogens with zero attached hydrogens (tertiary/aromatic N) is 1. The van der Waals surface area contributed by atoms with Gasteiger partial charge in [-0.05, 0) is 86.3 Å². The highest BCUT2D eigenvalue weighted by atomic mass is 35.5. The zero-order valence-corrected chi connectivity index (χ0v) is 22.2. The molecule has 2 N–H and O–H groups in total. The van der Waals surface area contributed by atoms with Gasteiger partial charge in [-0.25, -0.2) is 0 Å². The highest BCUT2D eigenvalue weighted by Crippen LogP contribution is 2.40. The molecule has 37 heavy (non-hydrogen) atoms. The van der Waals surface area contributed by atoms with Crippen LogP contribution in [0.15, 0.2) is 66.7 Å². The molecule has 0 spiro atoms. The van der Waals surface area contributed by atoms with Crippen LogP contribution in [0.1, 0.15) is 60.5 Å². The average Bonchev–Trinajstić information content (AvgIpc) is 2.88. The van der Waals surface area contributed by atoms with Crippen molar-refractivity contribution in [3.05, 3.63) is 88.4 Å².